The number of carbonyl (C=O) groups excluding carboxylic acids is 1. The molecule has 10 heteroatoms. The van der Waals surface area contributed by atoms with E-state index in [-0.39, 0.29) is 17.2 Å². The summed E-state index contributed by atoms with van der Waals surface area (Å²) >= 11 is 0. The van der Waals surface area contributed by atoms with E-state index in [1.807, 2.05) is 0 Å². The third-order valence-corrected chi connectivity index (χ3v) is 3.34. The molecular weight excluding hydrogens is 354 g/mol. The Bertz CT molecular complexity index is 857. The van der Waals surface area contributed by atoms with Crippen molar-refractivity contribution in [1.82, 2.24) is 0 Å². The van der Waals surface area contributed by atoms with Crippen LogP contribution in [0, 0.1) is 17.0 Å². The summed E-state index contributed by atoms with van der Waals surface area (Å²) in [5.74, 6) is -2.03. The van der Waals surface area contributed by atoms with E-state index in [0.29, 0.717) is 6.07 Å². The molecule has 138 valence electrons. The molecule has 1 amide bonds. The number of nitrogens with zero attached hydrogens (tertiary/aromatic N) is 1. The van der Waals surface area contributed by atoms with Crippen LogP contribution in [0.25, 0.3) is 0 Å². The smallest absolute Gasteiger partial charge is 0.387 e. The number of phenolic OH excluding ortho intramolecular Hbond substituents is 1. The molecule has 0 unspecified atom stereocenters. The normalized spacial score (nSPS) is 10.5. The number of ether oxygens (including phenoxy) is 2. The average Bonchev–Trinajstić information content (AvgIpc) is 2.56. The Morgan fingerprint density at radius 3 is 2.50 bits per heavy atom. The van der Waals surface area contributed by atoms with E-state index in [9.17, 15) is 28.8 Å². The number of aryl methyl sites for hydroxylation is 1. The summed E-state index contributed by atoms with van der Waals surface area (Å²) in [5, 5.41) is 23.4. The van der Waals surface area contributed by atoms with Crippen molar-refractivity contribution in [2.24, 2.45) is 0 Å². The van der Waals surface area contributed by atoms with Crippen LogP contribution >= 0.6 is 0 Å². The number of rotatable bonds is 6. The number of hydrogen-bond donors (Lipinski definition) is 2. The van der Waals surface area contributed by atoms with Crippen LogP contribution in [0.1, 0.15) is 15.9 Å². The number of carbonyl (C=O) groups is 1. The van der Waals surface area contributed by atoms with Crippen LogP contribution in [0.3, 0.4) is 0 Å². The molecule has 2 N–H and O–H groups in total. The van der Waals surface area contributed by atoms with Crippen molar-refractivity contribution in [3.63, 3.8) is 0 Å². The van der Waals surface area contributed by atoms with Gasteiger partial charge >= 0.3 is 6.61 Å². The number of hydrogen-bond acceptors (Lipinski definition) is 6. The maximum Gasteiger partial charge on any atom is 0.387 e. The lowest BCUT2D eigenvalue weighted by Crippen LogP contribution is -2.15. The zero-order chi connectivity index (χ0) is 19.4. The predicted molar refractivity (Wildman–Crippen MR) is 87.1 cm³/mol. The van der Waals surface area contributed by atoms with Gasteiger partial charge in [0, 0.05) is 6.07 Å². The zero-order valence-corrected chi connectivity index (χ0v) is 13.7. The average molecular weight is 368 g/mol. The van der Waals surface area contributed by atoms with E-state index >= 15 is 0 Å². The van der Waals surface area contributed by atoms with Crippen molar-refractivity contribution < 1.29 is 33.1 Å². The molecule has 2 aromatic rings. The molecule has 0 spiro atoms. The van der Waals surface area contributed by atoms with Crippen molar-refractivity contribution >= 4 is 17.3 Å². The fraction of sp³-hybridized carbons (Fsp3) is 0.188. The summed E-state index contributed by atoms with van der Waals surface area (Å²) in [6.07, 6.45) is 0. The van der Waals surface area contributed by atoms with Gasteiger partial charge in [0.05, 0.1) is 23.8 Å². The minimum atomic E-state index is -3.23. The van der Waals surface area contributed by atoms with Crippen molar-refractivity contribution in [2.75, 3.05) is 12.4 Å². The number of nitro groups is 1. The second-order valence-electron chi connectivity index (χ2n) is 5.13. The van der Waals surface area contributed by atoms with Crippen LogP contribution in [0.5, 0.6) is 17.2 Å². The zero-order valence-electron chi connectivity index (χ0n) is 13.7. The quantitative estimate of drug-likeness (QED) is 0.459. The van der Waals surface area contributed by atoms with E-state index in [1.54, 1.807) is 13.0 Å². The molecule has 0 aromatic heterocycles. The van der Waals surface area contributed by atoms with Crippen molar-refractivity contribution in [3.8, 4) is 17.2 Å². The van der Waals surface area contributed by atoms with Crippen LogP contribution in [-0.2, 0) is 0 Å². The number of halogens is 2. The van der Waals surface area contributed by atoms with E-state index < -0.39 is 34.4 Å². The Balaban J connectivity index is 2.46. The van der Waals surface area contributed by atoms with Crippen molar-refractivity contribution in [1.29, 1.82) is 0 Å². The summed E-state index contributed by atoms with van der Waals surface area (Å²) in [4.78, 5) is 22.7. The van der Waals surface area contributed by atoms with Gasteiger partial charge in [-0.25, -0.2) is 0 Å². The first-order valence-corrected chi connectivity index (χ1v) is 7.15. The second kappa shape index (κ2) is 7.64. The number of anilines is 1. The number of aromatic hydroxyl groups is 1. The number of nitrogens with one attached hydrogen (secondary N) is 1. The van der Waals surface area contributed by atoms with Crippen LogP contribution in [-0.4, -0.2) is 29.7 Å². The van der Waals surface area contributed by atoms with Gasteiger partial charge in [0.15, 0.2) is 11.5 Å². The van der Waals surface area contributed by atoms with E-state index in [1.165, 1.54) is 12.1 Å². The summed E-state index contributed by atoms with van der Waals surface area (Å²) in [6.45, 7) is -1.50. The highest BCUT2D eigenvalue weighted by molar-refractivity contribution is 6.08. The van der Waals surface area contributed by atoms with E-state index in [4.69, 9.17) is 4.74 Å². The number of alkyl halides is 2. The minimum absolute atomic E-state index is 0.0294. The lowest BCUT2D eigenvalue weighted by atomic mass is 10.1. The number of benzene rings is 2. The van der Waals surface area contributed by atoms with Gasteiger partial charge in [-0.3, -0.25) is 14.9 Å². The topological polar surface area (TPSA) is 111 Å². The third kappa shape index (κ3) is 4.15. The molecule has 26 heavy (non-hydrogen) atoms. The molecule has 0 saturated heterocycles. The van der Waals surface area contributed by atoms with Gasteiger partial charge in [-0.05, 0) is 24.6 Å². The second-order valence-corrected chi connectivity index (χ2v) is 5.13. The molecule has 2 rings (SSSR count). The first kappa shape index (κ1) is 18.9. The molecule has 0 aliphatic rings. The van der Waals surface area contributed by atoms with Gasteiger partial charge in [-0.1, -0.05) is 6.07 Å². The Morgan fingerprint density at radius 1 is 1.27 bits per heavy atom. The van der Waals surface area contributed by atoms with Crippen LogP contribution in [0.4, 0.5) is 20.2 Å². The van der Waals surface area contributed by atoms with Gasteiger partial charge in [0.2, 0.25) is 0 Å². The molecule has 8 nitrogen and oxygen atoms in total. The van der Waals surface area contributed by atoms with Gasteiger partial charge < -0.3 is 19.9 Å². The van der Waals surface area contributed by atoms with Gasteiger partial charge in [-0.15, -0.1) is 0 Å². The van der Waals surface area contributed by atoms with Gasteiger partial charge in [-0.2, -0.15) is 8.78 Å². The van der Waals surface area contributed by atoms with E-state index in [0.717, 1.165) is 18.7 Å². The number of amides is 1. The summed E-state index contributed by atoms with van der Waals surface area (Å²) in [5.41, 5.74) is -0.442. The highest BCUT2D eigenvalue weighted by Crippen LogP contribution is 2.36. The molecule has 2 aromatic carbocycles. The fourth-order valence-corrected chi connectivity index (χ4v) is 2.17. The first-order valence-electron chi connectivity index (χ1n) is 7.15. The predicted octanol–water partition coefficient (Wildman–Crippen LogP) is 3.47. The Hall–Kier alpha value is -3.43. The number of nitro benzene ring substituents is 1. The highest BCUT2D eigenvalue weighted by atomic mass is 19.3. The first-order chi connectivity index (χ1) is 12.2. The van der Waals surface area contributed by atoms with Crippen molar-refractivity contribution in [2.45, 2.75) is 13.5 Å². The number of phenols is 1. The molecule has 0 saturated carbocycles. The third-order valence-electron chi connectivity index (χ3n) is 3.34. The van der Waals surface area contributed by atoms with Crippen LogP contribution in [0.15, 0.2) is 30.3 Å². The highest BCUT2D eigenvalue weighted by Gasteiger charge is 2.26. The molecule has 0 bridgehead atoms. The standard InChI is InChI=1S/C16H14F2N2O6/c1-8-3-4-10(12(21)5-8)19-15(22)9-6-13(25-2)14(26-16(17)18)7-11(9)20(23)24/h3-7,16,21H,1-2H3,(H,19,22). The summed E-state index contributed by atoms with van der Waals surface area (Å²) in [7, 11) is 1.13. The molecular formula is C16H14F2N2O6. The Morgan fingerprint density at radius 2 is 1.96 bits per heavy atom. The van der Waals surface area contributed by atoms with Crippen LogP contribution in [0.2, 0.25) is 0 Å². The maximum absolute atomic E-state index is 12.4. The largest absolute Gasteiger partial charge is 0.506 e. The molecule has 0 radical (unpaired) electrons. The Labute approximate surface area is 146 Å². The van der Waals surface area contributed by atoms with Gasteiger partial charge in [0.1, 0.15) is 11.3 Å². The summed E-state index contributed by atoms with van der Waals surface area (Å²) < 4.78 is 33.9. The number of methoxy groups -OCH3 is 1. The SMILES string of the molecule is COc1cc(C(=O)Nc2ccc(C)cc2O)c([N+](=O)[O-])cc1OC(F)F. The lowest BCUT2D eigenvalue weighted by Gasteiger charge is -2.13. The maximum atomic E-state index is 12.4. The molecule has 0 heterocycles. The molecule has 0 atom stereocenters. The van der Waals surface area contributed by atoms with Gasteiger partial charge in [0.25, 0.3) is 11.6 Å². The monoisotopic (exact) mass is 368 g/mol. The molecule has 0 aliphatic heterocycles. The molecule has 0 fully saturated rings. The Kier molecular flexibility index (Phi) is 5.55. The lowest BCUT2D eigenvalue weighted by molar-refractivity contribution is -0.385. The van der Waals surface area contributed by atoms with Crippen LogP contribution < -0.4 is 14.8 Å². The summed E-state index contributed by atoms with van der Waals surface area (Å²) in [6, 6.07) is 6.01. The molecule has 0 aliphatic carbocycles. The minimum Gasteiger partial charge on any atom is -0.506 e. The fourth-order valence-electron chi connectivity index (χ4n) is 2.17. The van der Waals surface area contributed by atoms with Crippen molar-refractivity contribution in [3.05, 3.63) is 51.6 Å². The van der Waals surface area contributed by atoms with E-state index in [2.05, 4.69) is 10.1 Å².